The Morgan fingerprint density at radius 2 is 2.11 bits per heavy atom. The predicted molar refractivity (Wildman–Crippen MR) is 72.5 cm³/mol. The molecule has 18 heavy (non-hydrogen) atoms. The number of nitrogens with one attached hydrogen (secondary N) is 1. The van der Waals surface area contributed by atoms with Gasteiger partial charge in [-0.1, -0.05) is 29.8 Å². The maximum absolute atomic E-state index is 4.55. The molecule has 0 unspecified atom stereocenters. The molecule has 0 aliphatic heterocycles. The van der Waals surface area contributed by atoms with Crippen LogP contribution in [-0.4, -0.2) is 15.0 Å². The minimum Gasteiger partial charge on any atom is -0.341 e. The Kier molecular flexibility index (Phi) is 2.81. The first-order chi connectivity index (χ1) is 8.81. The van der Waals surface area contributed by atoms with E-state index in [9.17, 15) is 0 Å². The number of aryl methyl sites for hydroxylation is 3. The predicted octanol–water partition coefficient (Wildman–Crippen LogP) is 3.05. The number of nitrogens with zero attached hydrogens (tertiary/aromatic N) is 2. The number of benzene rings is 1. The van der Waals surface area contributed by atoms with Crippen LogP contribution in [0.3, 0.4) is 0 Å². The summed E-state index contributed by atoms with van der Waals surface area (Å²) in [6, 6.07) is 10.5. The molecular formula is C15H15N3. The molecule has 2 aromatic heterocycles. The monoisotopic (exact) mass is 237 g/mol. The van der Waals surface area contributed by atoms with E-state index in [2.05, 4.69) is 46.1 Å². The minimum atomic E-state index is 0.929. The van der Waals surface area contributed by atoms with Crippen LogP contribution < -0.4 is 0 Å². The van der Waals surface area contributed by atoms with Crippen LogP contribution in [0, 0.1) is 6.92 Å². The number of fused-ring (bicyclic) bond motifs is 1. The molecule has 3 heteroatoms. The number of pyridine rings is 1. The maximum atomic E-state index is 4.55. The van der Waals surface area contributed by atoms with Crippen molar-refractivity contribution in [2.45, 2.75) is 19.8 Å². The number of rotatable bonds is 3. The van der Waals surface area contributed by atoms with Crippen molar-refractivity contribution in [2.75, 3.05) is 0 Å². The molecule has 0 saturated carbocycles. The van der Waals surface area contributed by atoms with Gasteiger partial charge in [0.1, 0.15) is 5.82 Å². The second-order valence-corrected chi connectivity index (χ2v) is 4.57. The summed E-state index contributed by atoms with van der Waals surface area (Å²) >= 11 is 0. The van der Waals surface area contributed by atoms with Gasteiger partial charge in [0.2, 0.25) is 0 Å². The van der Waals surface area contributed by atoms with Crippen LogP contribution in [0.15, 0.2) is 42.7 Å². The van der Waals surface area contributed by atoms with E-state index >= 15 is 0 Å². The molecule has 0 saturated heterocycles. The van der Waals surface area contributed by atoms with Crippen molar-refractivity contribution in [3.63, 3.8) is 0 Å². The second kappa shape index (κ2) is 4.61. The Balaban J connectivity index is 1.76. The van der Waals surface area contributed by atoms with Crippen molar-refractivity contribution in [1.29, 1.82) is 0 Å². The molecule has 90 valence electrons. The van der Waals surface area contributed by atoms with Crippen LogP contribution in [0.1, 0.15) is 17.0 Å². The second-order valence-electron chi connectivity index (χ2n) is 4.57. The van der Waals surface area contributed by atoms with Crippen molar-refractivity contribution in [1.82, 2.24) is 15.0 Å². The fourth-order valence-corrected chi connectivity index (χ4v) is 2.16. The van der Waals surface area contributed by atoms with Crippen molar-refractivity contribution in [2.24, 2.45) is 0 Å². The SMILES string of the molecule is Cc1cccc(CCc2nc3ccncc3[nH]2)c1. The number of hydrogen-bond acceptors (Lipinski definition) is 2. The molecule has 1 N–H and O–H groups in total. The number of hydrogen-bond donors (Lipinski definition) is 1. The highest BCUT2D eigenvalue weighted by molar-refractivity contribution is 5.73. The molecule has 2 heterocycles. The molecular weight excluding hydrogens is 222 g/mol. The van der Waals surface area contributed by atoms with Gasteiger partial charge in [0.05, 0.1) is 17.2 Å². The summed E-state index contributed by atoms with van der Waals surface area (Å²) in [5.74, 6) is 1.03. The third-order valence-electron chi connectivity index (χ3n) is 3.07. The normalized spacial score (nSPS) is 10.9. The highest BCUT2D eigenvalue weighted by Gasteiger charge is 2.02. The summed E-state index contributed by atoms with van der Waals surface area (Å²) < 4.78 is 0. The van der Waals surface area contributed by atoms with E-state index in [1.54, 1.807) is 6.20 Å². The first kappa shape index (κ1) is 11.0. The van der Waals surface area contributed by atoms with Gasteiger partial charge in [0, 0.05) is 12.6 Å². The molecule has 0 bridgehead atoms. The maximum Gasteiger partial charge on any atom is 0.107 e. The van der Waals surface area contributed by atoms with Gasteiger partial charge >= 0.3 is 0 Å². The van der Waals surface area contributed by atoms with Crippen LogP contribution in [-0.2, 0) is 12.8 Å². The number of aromatic amines is 1. The smallest absolute Gasteiger partial charge is 0.107 e. The largest absolute Gasteiger partial charge is 0.341 e. The van der Waals surface area contributed by atoms with Gasteiger partial charge in [-0.3, -0.25) is 4.98 Å². The van der Waals surface area contributed by atoms with Gasteiger partial charge < -0.3 is 4.98 Å². The van der Waals surface area contributed by atoms with Gasteiger partial charge in [-0.25, -0.2) is 4.98 Å². The molecule has 0 aliphatic carbocycles. The van der Waals surface area contributed by atoms with Crippen molar-refractivity contribution in [3.05, 3.63) is 59.7 Å². The topological polar surface area (TPSA) is 41.6 Å². The van der Waals surface area contributed by atoms with Crippen LogP contribution in [0.5, 0.6) is 0 Å². The Bertz CT molecular complexity index is 637. The first-order valence-corrected chi connectivity index (χ1v) is 6.15. The summed E-state index contributed by atoms with van der Waals surface area (Å²) in [4.78, 5) is 11.9. The Hall–Kier alpha value is -2.16. The fourth-order valence-electron chi connectivity index (χ4n) is 2.16. The third kappa shape index (κ3) is 2.25. The summed E-state index contributed by atoms with van der Waals surface area (Å²) in [6.45, 7) is 2.12. The Morgan fingerprint density at radius 1 is 1.17 bits per heavy atom. The zero-order chi connectivity index (χ0) is 12.4. The van der Waals surface area contributed by atoms with E-state index in [1.807, 2.05) is 12.3 Å². The highest BCUT2D eigenvalue weighted by atomic mass is 14.9. The highest BCUT2D eigenvalue weighted by Crippen LogP contribution is 2.12. The fraction of sp³-hybridized carbons (Fsp3) is 0.200. The molecule has 1 aromatic carbocycles. The van der Waals surface area contributed by atoms with Gasteiger partial charge in [-0.15, -0.1) is 0 Å². The lowest BCUT2D eigenvalue weighted by molar-refractivity contribution is 0.889. The van der Waals surface area contributed by atoms with Gasteiger partial charge in [-0.2, -0.15) is 0 Å². The molecule has 0 atom stereocenters. The molecule has 3 aromatic rings. The van der Waals surface area contributed by atoms with Crippen LogP contribution >= 0.6 is 0 Å². The van der Waals surface area contributed by atoms with Crippen molar-refractivity contribution in [3.8, 4) is 0 Å². The summed E-state index contributed by atoms with van der Waals surface area (Å²) in [5, 5.41) is 0. The lowest BCUT2D eigenvalue weighted by Gasteiger charge is -2.00. The zero-order valence-corrected chi connectivity index (χ0v) is 10.4. The first-order valence-electron chi connectivity index (χ1n) is 6.15. The van der Waals surface area contributed by atoms with E-state index in [0.717, 1.165) is 29.7 Å². The van der Waals surface area contributed by atoms with Gasteiger partial charge in [-0.05, 0) is 25.0 Å². The van der Waals surface area contributed by atoms with E-state index in [-0.39, 0.29) is 0 Å². The summed E-state index contributed by atoms with van der Waals surface area (Å²) in [5.41, 5.74) is 4.66. The average Bonchev–Trinajstić information content (AvgIpc) is 2.79. The molecule has 0 aliphatic rings. The van der Waals surface area contributed by atoms with E-state index in [1.165, 1.54) is 11.1 Å². The summed E-state index contributed by atoms with van der Waals surface area (Å²) in [6.07, 6.45) is 5.53. The number of imidazole rings is 1. The van der Waals surface area contributed by atoms with Gasteiger partial charge in [0.15, 0.2) is 0 Å². The molecule has 0 amide bonds. The Labute approximate surface area is 106 Å². The molecule has 3 nitrogen and oxygen atoms in total. The average molecular weight is 237 g/mol. The summed E-state index contributed by atoms with van der Waals surface area (Å²) in [7, 11) is 0. The lowest BCUT2D eigenvalue weighted by atomic mass is 10.1. The van der Waals surface area contributed by atoms with E-state index in [0.29, 0.717) is 0 Å². The van der Waals surface area contributed by atoms with Crippen LogP contribution in [0.4, 0.5) is 0 Å². The quantitative estimate of drug-likeness (QED) is 0.760. The molecule has 0 fully saturated rings. The van der Waals surface area contributed by atoms with E-state index < -0.39 is 0 Å². The number of aromatic nitrogens is 3. The standard InChI is InChI=1S/C15H15N3/c1-11-3-2-4-12(9-11)5-6-15-17-13-7-8-16-10-14(13)18-15/h2-4,7-10H,5-6H2,1H3,(H,17,18). The van der Waals surface area contributed by atoms with Crippen molar-refractivity contribution < 1.29 is 0 Å². The van der Waals surface area contributed by atoms with Crippen molar-refractivity contribution >= 4 is 11.0 Å². The van der Waals surface area contributed by atoms with Crippen LogP contribution in [0.25, 0.3) is 11.0 Å². The molecule has 3 rings (SSSR count). The number of H-pyrrole nitrogens is 1. The molecule has 0 radical (unpaired) electrons. The third-order valence-corrected chi connectivity index (χ3v) is 3.07. The van der Waals surface area contributed by atoms with Gasteiger partial charge in [0.25, 0.3) is 0 Å². The molecule has 0 spiro atoms. The Morgan fingerprint density at radius 3 is 2.94 bits per heavy atom. The van der Waals surface area contributed by atoms with E-state index in [4.69, 9.17) is 0 Å². The minimum absolute atomic E-state index is 0.929. The zero-order valence-electron chi connectivity index (χ0n) is 10.4. The van der Waals surface area contributed by atoms with Crippen LogP contribution in [0.2, 0.25) is 0 Å². The lowest BCUT2D eigenvalue weighted by Crippen LogP contribution is -1.93.